The molecule has 0 spiro atoms. The van der Waals surface area contributed by atoms with Gasteiger partial charge >= 0.3 is 0 Å². The number of hydrogen-bond acceptors (Lipinski definition) is 7. The van der Waals surface area contributed by atoms with Gasteiger partial charge in [0.15, 0.2) is 5.13 Å². The standard InChI is InChI=1S/C22H14N4O5S/c27-21(17-10-18(25(28)29)12-19(11-17)26(30)31)24-22-23-20(13-32-22)16-8-6-15(7-9-16)14-4-2-1-3-5-14/h1-13H,(H,23,24,27). The van der Waals surface area contributed by atoms with E-state index >= 15 is 0 Å². The lowest BCUT2D eigenvalue weighted by atomic mass is 10.0. The number of carbonyl (C=O) groups is 1. The molecule has 158 valence electrons. The largest absolute Gasteiger partial charge is 0.298 e. The fourth-order valence-electron chi connectivity index (χ4n) is 3.03. The van der Waals surface area contributed by atoms with Gasteiger partial charge in [-0.15, -0.1) is 11.3 Å². The molecule has 0 atom stereocenters. The van der Waals surface area contributed by atoms with E-state index in [1.807, 2.05) is 54.6 Å². The molecule has 4 aromatic rings. The number of nitro groups is 2. The molecule has 0 bridgehead atoms. The summed E-state index contributed by atoms with van der Waals surface area (Å²) in [4.78, 5) is 37.4. The van der Waals surface area contributed by atoms with Crippen molar-refractivity contribution in [2.45, 2.75) is 0 Å². The first-order valence-electron chi connectivity index (χ1n) is 9.27. The van der Waals surface area contributed by atoms with Gasteiger partial charge in [-0.2, -0.15) is 0 Å². The summed E-state index contributed by atoms with van der Waals surface area (Å²) in [6.45, 7) is 0. The number of hydrogen-bond donors (Lipinski definition) is 1. The zero-order valence-corrected chi connectivity index (χ0v) is 17.1. The number of amides is 1. The number of aromatic nitrogens is 1. The summed E-state index contributed by atoms with van der Waals surface area (Å²) in [5, 5.41) is 26.6. The molecule has 0 radical (unpaired) electrons. The first-order valence-corrected chi connectivity index (χ1v) is 10.2. The highest BCUT2D eigenvalue weighted by atomic mass is 32.1. The molecule has 0 saturated heterocycles. The summed E-state index contributed by atoms with van der Waals surface area (Å²) in [5.74, 6) is -0.725. The van der Waals surface area contributed by atoms with Crippen molar-refractivity contribution in [3.8, 4) is 22.4 Å². The predicted octanol–water partition coefficient (Wildman–Crippen LogP) is 5.55. The molecule has 1 aromatic heterocycles. The zero-order chi connectivity index (χ0) is 22.7. The molecule has 0 fully saturated rings. The van der Waals surface area contributed by atoms with E-state index in [9.17, 15) is 25.0 Å². The van der Waals surface area contributed by atoms with Crippen molar-refractivity contribution >= 4 is 33.8 Å². The first-order chi connectivity index (χ1) is 15.4. The Morgan fingerprint density at radius 2 is 1.38 bits per heavy atom. The molecule has 0 aliphatic carbocycles. The van der Waals surface area contributed by atoms with Gasteiger partial charge in [-0.25, -0.2) is 4.98 Å². The number of nitrogens with zero attached hydrogens (tertiary/aromatic N) is 3. The van der Waals surface area contributed by atoms with Crippen LogP contribution in [0.1, 0.15) is 10.4 Å². The van der Waals surface area contributed by atoms with Crippen molar-refractivity contribution in [2.24, 2.45) is 0 Å². The van der Waals surface area contributed by atoms with Gasteiger partial charge < -0.3 is 0 Å². The Kier molecular flexibility index (Phi) is 5.69. The third-order valence-electron chi connectivity index (χ3n) is 4.60. The minimum atomic E-state index is -0.787. The van der Waals surface area contributed by atoms with Crippen LogP contribution >= 0.6 is 11.3 Å². The lowest BCUT2D eigenvalue weighted by Gasteiger charge is -2.03. The van der Waals surface area contributed by atoms with Gasteiger partial charge in [-0.3, -0.25) is 30.3 Å². The maximum absolute atomic E-state index is 12.5. The second-order valence-electron chi connectivity index (χ2n) is 6.69. The van der Waals surface area contributed by atoms with Crippen molar-refractivity contribution in [1.82, 2.24) is 4.98 Å². The topological polar surface area (TPSA) is 128 Å². The zero-order valence-electron chi connectivity index (χ0n) is 16.3. The van der Waals surface area contributed by atoms with Crippen LogP contribution in [-0.2, 0) is 0 Å². The Bertz CT molecular complexity index is 1290. The van der Waals surface area contributed by atoms with Gasteiger partial charge in [-0.05, 0) is 11.1 Å². The van der Waals surface area contributed by atoms with E-state index in [0.29, 0.717) is 5.69 Å². The third-order valence-corrected chi connectivity index (χ3v) is 5.36. The van der Waals surface area contributed by atoms with Gasteiger partial charge in [0.05, 0.1) is 27.2 Å². The number of nitro benzene ring substituents is 2. The van der Waals surface area contributed by atoms with Crippen molar-refractivity contribution < 1.29 is 14.6 Å². The fraction of sp³-hybridized carbons (Fsp3) is 0. The highest BCUT2D eigenvalue weighted by Crippen LogP contribution is 2.29. The average molecular weight is 446 g/mol. The molecule has 9 nitrogen and oxygen atoms in total. The van der Waals surface area contributed by atoms with E-state index in [1.165, 1.54) is 11.3 Å². The molecule has 3 aromatic carbocycles. The van der Waals surface area contributed by atoms with Gasteiger partial charge in [0, 0.05) is 23.1 Å². The van der Waals surface area contributed by atoms with E-state index in [-0.39, 0.29) is 10.7 Å². The Morgan fingerprint density at radius 3 is 1.97 bits per heavy atom. The maximum atomic E-state index is 12.5. The van der Waals surface area contributed by atoms with Gasteiger partial charge in [0.1, 0.15) is 0 Å². The lowest BCUT2D eigenvalue weighted by Crippen LogP contribution is -2.12. The molecule has 1 heterocycles. The highest BCUT2D eigenvalue weighted by Gasteiger charge is 2.20. The summed E-state index contributed by atoms with van der Waals surface area (Å²) in [5.41, 5.74) is 2.38. The average Bonchev–Trinajstić information content (AvgIpc) is 3.27. The number of benzene rings is 3. The molecule has 1 N–H and O–H groups in total. The van der Waals surface area contributed by atoms with Crippen LogP contribution in [0.25, 0.3) is 22.4 Å². The van der Waals surface area contributed by atoms with Crippen LogP contribution in [0.3, 0.4) is 0 Å². The smallest absolute Gasteiger partial charge is 0.277 e. The Morgan fingerprint density at radius 1 is 0.812 bits per heavy atom. The predicted molar refractivity (Wildman–Crippen MR) is 121 cm³/mol. The third kappa shape index (κ3) is 4.50. The van der Waals surface area contributed by atoms with Crippen LogP contribution in [0.2, 0.25) is 0 Å². The monoisotopic (exact) mass is 446 g/mol. The second-order valence-corrected chi connectivity index (χ2v) is 7.55. The first kappa shape index (κ1) is 20.8. The number of carbonyl (C=O) groups excluding carboxylic acids is 1. The van der Waals surface area contributed by atoms with Gasteiger partial charge in [-0.1, -0.05) is 54.6 Å². The van der Waals surface area contributed by atoms with Crippen LogP contribution < -0.4 is 5.32 Å². The number of thiazole rings is 1. The second kappa shape index (κ2) is 8.74. The van der Waals surface area contributed by atoms with Gasteiger partial charge in [0.2, 0.25) is 0 Å². The van der Waals surface area contributed by atoms with Crippen LogP contribution in [-0.4, -0.2) is 20.7 Å². The molecule has 0 unspecified atom stereocenters. The summed E-state index contributed by atoms with van der Waals surface area (Å²) in [7, 11) is 0. The van der Waals surface area contributed by atoms with E-state index in [1.54, 1.807) is 5.38 Å². The Balaban J connectivity index is 1.53. The molecule has 0 saturated carbocycles. The van der Waals surface area contributed by atoms with E-state index < -0.39 is 27.1 Å². The van der Waals surface area contributed by atoms with Crippen molar-refractivity contribution in [2.75, 3.05) is 5.32 Å². The van der Waals surface area contributed by atoms with Crippen molar-refractivity contribution in [1.29, 1.82) is 0 Å². The van der Waals surface area contributed by atoms with Crippen LogP contribution in [0.15, 0.2) is 78.2 Å². The molecular weight excluding hydrogens is 432 g/mol. The molecule has 1 amide bonds. The highest BCUT2D eigenvalue weighted by molar-refractivity contribution is 7.14. The number of nitrogens with one attached hydrogen (secondary N) is 1. The quantitative estimate of drug-likeness (QED) is 0.306. The number of non-ortho nitro benzene ring substituents is 2. The summed E-state index contributed by atoms with van der Waals surface area (Å²) in [6, 6.07) is 20.5. The van der Waals surface area contributed by atoms with E-state index in [0.717, 1.165) is 34.9 Å². The van der Waals surface area contributed by atoms with Gasteiger partial charge in [0.25, 0.3) is 17.3 Å². The Labute approximate surface area is 185 Å². The SMILES string of the molecule is O=C(Nc1nc(-c2ccc(-c3ccccc3)cc2)cs1)c1cc([N+](=O)[O-])cc([N+](=O)[O-])c1. The summed E-state index contributed by atoms with van der Waals surface area (Å²) in [6.07, 6.45) is 0. The van der Waals surface area contributed by atoms with E-state index in [4.69, 9.17) is 0 Å². The molecule has 0 aliphatic rings. The minimum absolute atomic E-state index is 0.199. The Hall–Kier alpha value is -4.44. The van der Waals surface area contributed by atoms with Crippen LogP contribution in [0.4, 0.5) is 16.5 Å². The number of rotatable bonds is 6. The molecule has 32 heavy (non-hydrogen) atoms. The lowest BCUT2D eigenvalue weighted by molar-refractivity contribution is -0.394. The summed E-state index contributed by atoms with van der Waals surface area (Å²) >= 11 is 1.18. The summed E-state index contributed by atoms with van der Waals surface area (Å²) < 4.78 is 0. The van der Waals surface area contributed by atoms with Crippen molar-refractivity contribution in [3.05, 3.63) is 104 Å². The minimum Gasteiger partial charge on any atom is -0.298 e. The fourth-order valence-corrected chi connectivity index (χ4v) is 3.75. The maximum Gasteiger partial charge on any atom is 0.277 e. The van der Waals surface area contributed by atoms with E-state index in [2.05, 4.69) is 10.3 Å². The van der Waals surface area contributed by atoms with Crippen LogP contribution in [0.5, 0.6) is 0 Å². The molecular formula is C22H14N4O5S. The van der Waals surface area contributed by atoms with Crippen molar-refractivity contribution in [3.63, 3.8) is 0 Å². The molecule has 4 rings (SSSR count). The molecule has 0 aliphatic heterocycles. The normalized spacial score (nSPS) is 10.5. The van der Waals surface area contributed by atoms with Crippen LogP contribution in [0, 0.1) is 20.2 Å². The molecule has 10 heteroatoms. The number of anilines is 1.